The third kappa shape index (κ3) is 2.80. The Morgan fingerprint density at radius 3 is 2.86 bits per heavy atom. The number of nitrogens with one attached hydrogen (secondary N) is 1. The number of nitrogens with zero attached hydrogens (tertiary/aromatic N) is 1. The van der Waals surface area contributed by atoms with E-state index in [4.69, 9.17) is 0 Å². The fourth-order valence-electron chi connectivity index (χ4n) is 2.26. The summed E-state index contributed by atoms with van der Waals surface area (Å²) in [6.45, 7) is 3.58. The molecule has 1 aromatic heterocycles. The molecular weight excluding hydrogens is 287 g/mol. The van der Waals surface area contributed by atoms with Crippen LogP contribution in [0, 0.1) is 12.7 Å². The van der Waals surface area contributed by atoms with Crippen molar-refractivity contribution in [2.75, 3.05) is 0 Å². The first-order chi connectivity index (χ1) is 10.0. The number of aromatic amines is 1. The molecule has 2 N–H and O–H groups in total. The van der Waals surface area contributed by atoms with E-state index >= 15 is 0 Å². The zero-order chi connectivity index (χ0) is 15.0. The maximum atomic E-state index is 13.9. The van der Waals surface area contributed by atoms with Gasteiger partial charge in [0.05, 0.1) is 17.1 Å². The minimum absolute atomic E-state index is 0.305. The Labute approximate surface area is 126 Å². The van der Waals surface area contributed by atoms with Gasteiger partial charge in [0.1, 0.15) is 5.82 Å². The molecular formula is C16H15FN2OS. The lowest BCUT2D eigenvalue weighted by molar-refractivity contribution is 0.191. The number of fused-ring (bicyclic) bond motifs is 1. The predicted octanol–water partition coefficient (Wildman–Crippen LogP) is 4.21. The van der Waals surface area contributed by atoms with E-state index in [2.05, 4.69) is 9.97 Å². The molecule has 3 rings (SSSR count). The van der Waals surface area contributed by atoms with Crippen molar-refractivity contribution in [3.05, 3.63) is 53.3 Å². The van der Waals surface area contributed by atoms with Gasteiger partial charge in [-0.15, -0.1) is 0 Å². The highest BCUT2D eigenvalue weighted by Crippen LogP contribution is 2.34. The topological polar surface area (TPSA) is 48.9 Å². The Morgan fingerprint density at radius 1 is 1.29 bits per heavy atom. The lowest BCUT2D eigenvalue weighted by Crippen LogP contribution is -1.98. The largest absolute Gasteiger partial charge is 0.389 e. The second kappa shape index (κ2) is 5.50. The zero-order valence-electron chi connectivity index (χ0n) is 11.7. The van der Waals surface area contributed by atoms with Gasteiger partial charge in [-0.1, -0.05) is 23.9 Å². The SMILES string of the molecule is Cc1ccc2nc(Sc3cccc(F)c3C(C)O)[nH]c2c1. The van der Waals surface area contributed by atoms with Crippen molar-refractivity contribution in [1.29, 1.82) is 0 Å². The third-order valence-corrected chi connectivity index (χ3v) is 4.22. The molecule has 0 spiro atoms. The number of H-pyrrole nitrogens is 1. The van der Waals surface area contributed by atoms with Crippen molar-refractivity contribution in [3.8, 4) is 0 Å². The number of rotatable bonds is 3. The van der Waals surface area contributed by atoms with Gasteiger partial charge in [-0.25, -0.2) is 9.37 Å². The van der Waals surface area contributed by atoms with Gasteiger partial charge in [0.2, 0.25) is 0 Å². The molecule has 108 valence electrons. The van der Waals surface area contributed by atoms with Crippen LogP contribution >= 0.6 is 11.8 Å². The van der Waals surface area contributed by atoms with Gasteiger partial charge in [-0.3, -0.25) is 0 Å². The fourth-order valence-corrected chi connectivity index (χ4v) is 3.30. The third-order valence-electron chi connectivity index (χ3n) is 3.25. The van der Waals surface area contributed by atoms with Crippen molar-refractivity contribution in [2.45, 2.75) is 30.0 Å². The van der Waals surface area contributed by atoms with Crippen LogP contribution in [-0.2, 0) is 0 Å². The summed E-state index contributed by atoms with van der Waals surface area (Å²) in [7, 11) is 0. The summed E-state index contributed by atoms with van der Waals surface area (Å²) in [6, 6.07) is 10.7. The van der Waals surface area contributed by atoms with E-state index in [0.717, 1.165) is 16.6 Å². The number of aliphatic hydroxyl groups excluding tert-OH is 1. The van der Waals surface area contributed by atoms with Crippen molar-refractivity contribution in [1.82, 2.24) is 9.97 Å². The smallest absolute Gasteiger partial charge is 0.171 e. The number of aliphatic hydroxyl groups is 1. The molecule has 1 heterocycles. The Kier molecular flexibility index (Phi) is 3.69. The molecule has 2 aromatic carbocycles. The lowest BCUT2D eigenvalue weighted by Gasteiger charge is -2.11. The molecule has 1 unspecified atom stereocenters. The van der Waals surface area contributed by atoms with E-state index in [1.807, 2.05) is 25.1 Å². The van der Waals surface area contributed by atoms with Crippen LogP contribution in [0.4, 0.5) is 4.39 Å². The molecule has 21 heavy (non-hydrogen) atoms. The standard InChI is InChI=1S/C16H15FN2OS/c1-9-6-7-12-13(8-9)19-16(18-12)21-14-5-3-4-11(17)15(14)10(2)20/h3-8,10,20H,1-2H3,(H,18,19). The fraction of sp³-hybridized carbons (Fsp3) is 0.188. The molecule has 0 bridgehead atoms. The maximum Gasteiger partial charge on any atom is 0.171 e. The second-order valence-electron chi connectivity index (χ2n) is 4.99. The molecule has 0 fully saturated rings. The van der Waals surface area contributed by atoms with Crippen LogP contribution in [0.5, 0.6) is 0 Å². The molecule has 3 aromatic rings. The van der Waals surface area contributed by atoms with Crippen molar-refractivity contribution < 1.29 is 9.50 Å². The molecule has 0 saturated heterocycles. The highest BCUT2D eigenvalue weighted by Gasteiger charge is 2.15. The Bertz CT molecular complexity index is 798. The van der Waals surface area contributed by atoms with Crippen molar-refractivity contribution >= 4 is 22.8 Å². The van der Waals surface area contributed by atoms with Gasteiger partial charge >= 0.3 is 0 Å². The van der Waals surface area contributed by atoms with Gasteiger partial charge < -0.3 is 10.1 Å². The first-order valence-electron chi connectivity index (χ1n) is 6.65. The van der Waals surface area contributed by atoms with Crippen LogP contribution in [-0.4, -0.2) is 15.1 Å². The summed E-state index contributed by atoms with van der Waals surface area (Å²) in [5, 5.41) is 10.4. The first-order valence-corrected chi connectivity index (χ1v) is 7.47. The van der Waals surface area contributed by atoms with Crippen LogP contribution < -0.4 is 0 Å². The molecule has 0 amide bonds. The highest BCUT2D eigenvalue weighted by atomic mass is 32.2. The maximum absolute atomic E-state index is 13.9. The van der Waals surface area contributed by atoms with Gasteiger partial charge in [-0.05, 0) is 43.7 Å². The highest BCUT2D eigenvalue weighted by molar-refractivity contribution is 7.99. The van der Waals surface area contributed by atoms with Crippen LogP contribution in [0.2, 0.25) is 0 Å². The van der Waals surface area contributed by atoms with Crippen LogP contribution in [0.15, 0.2) is 46.5 Å². The van der Waals surface area contributed by atoms with E-state index in [-0.39, 0.29) is 0 Å². The van der Waals surface area contributed by atoms with E-state index in [0.29, 0.717) is 15.6 Å². The van der Waals surface area contributed by atoms with Crippen molar-refractivity contribution in [2.24, 2.45) is 0 Å². The van der Waals surface area contributed by atoms with Gasteiger partial charge in [-0.2, -0.15) is 0 Å². The quantitative estimate of drug-likeness (QED) is 0.761. The number of aryl methyl sites for hydroxylation is 1. The number of benzene rings is 2. The van der Waals surface area contributed by atoms with Crippen LogP contribution in [0.1, 0.15) is 24.2 Å². The van der Waals surface area contributed by atoms with E-state index < -0.39 is 11.9 Å². The van der Waals surface area contributed by atoms with Crippen LogP contribution in [0.25, 0.3) is 11.0 Å². The first kappa shape index (κ1) is 14.1. The summed E-state index contributed by atoms with van der Waals surface area (Å²) in [4.78, 5) is 8.37. The second-order valence-corrected chi connectivity index (χ2v) is 6.02. The molecule has 3 nitrogen and oxygen atoms in total. The van der Waals surface area contributed by atoms with E-state index in [9.17, 15) is 9.50 Å². The number of halogens is 1. The van der Waals surface area contributed by atoms with Gasteiger partial charge in [0, 0.05) is 10.5 Å². The van der Waals surface area contributed by atoms with Crippen LogP contribution in [0.3, 0.4) is 0 Å². The number of hydrogen-bond acceptors (Lipinski definition) is 3. The Morgan fingerprint density at radius 2 is 2.10 bits per heavy atom. The normalized spacial score (nSPS) is 12.8. The summed E-state index contributed by atoms with van der Waals surface area (Å²) in [5.74, 6) is -0.401. The molecule has 0 aliphatic rings. The molecule has 0 radical (unpaired) electrons. The summed E-state index contributed by atoms with van der Waals surface area (Å²) in [6.07, 6.45) is -0.861. The monoisotopic (exact) mass is 302 g/mol. The summed E-state index contributed by atoms with van der Waals surface area (Å²) >= 11 is 1.32. The molecule has 0 aliphatic carbocycles. The average molecular weight is 302 g/mol. The minimum atomic E-state index is -0.861. The average Bonchev–Trinajstić information content (AvgIpc) is 2.79. The van der Waals surface area contributed by atoms with Gasteiger partial charge in [0.25, 0.3) is 0 Å². The molecule has 1 atom stereocenters. The van der Waals surface area contributed by atoms with Crippen molar-refractivity contribution in [3.63, 3.8) is 0 Å². The van der Waals surface area contributed by atoms with E-state index in [1.54, 1.807) is 19.1 Å². The Balaban J connectivity index is 2.00. The zero-order valence-corrected chi connectivity index (χ0v) is 12.5. The molecule has 5 heteroatoms. The lowest BCUT2D eigenvalue weighted by atomic mass is 10.1. The minimum Gasteiger partial charge on any atom is -0.389 e. The Hall–Kier alpha value is -1.85. The summed E-state index contributed by atoms with van der Waals surface area (Å²) in [5.41, 5.74) is 3.28. The van der Waals surface area contributed by atoms with Gasteiger partial charge in [0.15, 0.2) is 5.16 Å². The molecule has 0 saturated carbocycles. The predicted molar refractivity (Wildman–Crippen MR) is 82.0 cm³/mol. The number of hydrogen-bond donors (Lipinski definition) is 2. The summed E-state index contributed by atoms with van der Waals surface area (Å²) < 4.78 is 13.9. The number of aromatic nitrogens is 2. The number of imidazole rings is 1. The molecule has 0 aliphatic heterocycles. The van der Waals surface area contributed by atoms with E-state index in [1.165, 1.54) is 17.8 Å².